The Bertz CT molecular complexity index is 343. The largest absolute Gasteiger partial charge is 0.397 e. The Morgan fingerprint density at radius 3 is 2.73 bits per heavy atom. The molecule has 1 aromatic carbocycles. The van der Waals surface area contributed by atoms with Crippen LogP contribution in [0.15, 0.2) is 18.2 Å². The lowest BCUT2D eigenvalue weighted by Crippen LogP contribution is -2.27. The number of nitrogen functional groups attached to an aromatic ring is 1. The summed E-state index contributed by atoms with van der Waals surface area (Å²) in [4.78, 5) is 11.6. The molecule has 0 spiro atoms. The average Bonchev–Trinajstić information content (AvgIpc) is 2.22. The third-order valence-corrected chi connectivity index (χ3v) is 2.28. The molecule has 4 heteroatoms. The number of amides is 1. The van der Waals surface area contributed by atoms with Crippen molar-refractivity contribution in [1.82, 2.24) is 0 Å². The van der Waals surface area contributed by atoms with Crippen molar-refractivity contribution in [3.8, 4) is 0 Å². The smallest absolute Gasteiger partial charge is 0.253 e. The topological polar surface area (TPSA) is 64.3 Å². The van der Waals surface area contributed by atoms with E-state index in [1.807, 2.05) is 19.1 Å². The molecule has 0 aliphatic carbocycles. The summed E-state index contributed by atoms with van der Waals surface area (Å²) in [6, 6.07) is 5.49. The summed E-state index contributed by atoms with van der Waals surface area (Å²) < 4.78 is 4.91. The highest BCUT2D eigenvalue weighted by molar-refractivity contribution is 5.97. The molecule has 1 aromatic rings. The third kappa shape index (κ3) is 2.70. The van der Waals surface area contributed by atoms with Gasteiger partial charge in [0.05, 0.1) is 11.4 Å². The zero-order chi connectivity index (χ0) is 11.4. The van der Waals surface area contributed by atoms with Crippen molar-refractivity contribution in [2.24, 2.45) is 0 Å². The predicted molar refractivity (Wildman–Crippen MR) is 60.7 cm³/mol. The van der Waals surface area contributed by atoms with Crippen LogP contribution in [0, 0.1) is 6.92 Å². The van der Waals surface area contributed by atoms with E-state index < -0.39 is 6.10 Å². The number of hydrogen-bond acceptors (Lipinski definition) is 3. The lowest BCUT2D eigenvalue weighted by molar-refractivity contribution is -0.124. The van der Waals surface area contributed by atoms with Crippen LogP contribution < -0.4 is 11.1 Å². The fraction of sp³-hybridized carbons (Fsp3) is 0.364. The second-order valence-electron chi connectivity index (χ2n) is 3.41. The summed E-state index contributed by atoms with van der Waals surface area (Å²) in [5, 5.41) is 2.74. The van der Waals surface area contributed by atoms with Crippen molar-refractivity contribution in [3.05, 3.63) is 23.8 Å². The number of rotatable bonds is 3. The molecule has 0 aromatic heterocycles. The maximum Gasteiger partial charge on any atom is 0.253 e. The molecule has 0 heterocycles. The maximum absolute atomic E-state index is 11.6. The molecule has 1 rings (SSSR count). The summed E-state index contributed by atoms with van der Waals surface area (Å²) in [6.07, 6.45) is -0.482. The number of anilines is 2. The first kappa shape index (κ1) is 11.5. The highest BCUT2D eigenvalue weighted by Crippen LogP contribution is 2.22. The molecule has 0 saturated heterocycles. The number of nitrogens with two attached hydrogens (primary N) is 1. The van der Waals surface area contributed by atoms with Gasteiger partial charge in [-0.05, 0) is 25.5 Å². The van der Waals surface area contributed by atoms with E-state index in [2.05, 4.69) is 5.32 Å². The van der Waals surface area contributed by atoms with Gasteiger partial charge in [-0.25, -0.2) is 0 Å². The van der Waals surface area contributed by atoms with Crippen molar-refractivity contribution in [1.29, 1.82) is 0 Å². The number of benzene rings is 1. The SMILES string of the molecule is COC(C)C(=O)Nc1c(C)cccc1N. The normalized spacial score (nSPS) is 12.2. The number of ether oxygens (including phenoxy) is 1. The minimum atomic E-state index is -0.482. The molecule has 1 amide bonds. The highest BCUT2D eigenvalue weighted by Gasteiger charge is 2.13. The summed E-state index contributed by atoms with van der Waals surface area (Å²) in [6.45, 7) is 3.58. The van der Waals surface area contributed by atoms with Crippen LogP contribution in [-0.4, -0.2) is 19.1 Å². The summed E-state index contributed by atoms with van der Waals surface area (Å²) in [5.41, 5.74) is 7.91. The number of para-hydroxylation sites is 1. The van der Waals surface area contributed by atoms with Crippen LogP contribution in [0.4, 0.5) is 11.4 Å². The van der Waals surface area contributed by atoms with E-state index in [1.54, 1.807) is 13.0 Å². The molecule has 1 atom stereocenters. The molecule has 0 fully saturated rings. The van der Waals surface area contributed by atoms with Gasteiger partial charge in [-0.3, -0.25) is 4.79 Å². The highest BCUT2D eigenvalue weighted by atomic mass is 16.5. The van der Waals surface area contributed by atoms with Gasteiger partial charge in [0.15, 0.2) is 0 Å². The summed E-state index contributed by atoms with van der Waals surface area (Å²) in [5.74, 6) is -0.196. The Labute approximate surface area is 89.4 Å². The second kappa shape index (κ2) is 4.79. The minimum Gasteiger partial charge on any atom is -0.397 e. The fourth-order valence-corrected chi connectivity index (χ4v) is 1.19. The van der Waals surface area contributed by atoms with E-state index in [9.17, 15) is 4.79 Å². The second-order valence-corrected chi connectivity index (χ2v) is 3.41. The van der Waals surface area contributed by atoms with E-state index in [0.717, 1.165) is 5.56 Å². The Morgan fingerprint density at radius 1 is 1.53 bits per heavy atom. The lowest BCUT2D eigenvalue weighted by Gasteiger charge is -2.14. The summed E-state index contributed by atoms with van der Waals surface area (Å²) >= 11 is 0. The molecule has 0 aliphatic heterocycles. The van der Waals surface area contributed by atoms with Gasteiger partial charge in [-0.2, -0.15) is 0 Å². The zero-order valence-electron chi connectivity index (χ0n) is 9.20. The molecule has 82 valence electrons. The van der Waals surface area contributed by atoms with Crippen molar-refractivity contribution < 1.29 is 9.53 Å². The fourth-order valence-electron chi connectivity index (χ4n) is 1.19. The van der Waals surface area contributed by atoms with Crippen molar-refractivity contribution >= 4 is 17.3 Å². The first-order valence-corrected chi connectivity index (χ1v) is 4.75. The van der Waals surface area contributed by atoms with E-state index >= 15 is 0 Å². The third-order valence-electron chi connectivity index (χ3n) is 2.28. The molecule has 15 heavy (non-hydrogen) atoms. The van der Waals surface area contributed by atoms with Crippen LogP contribution in [-0.2, 0) is 9.53 Å². The zero-order valence-corrected chi connectivity index (χ0v) is 9.20. The van der Waals surface area contributed by atoms with Gasteiger partial charge in [-0.15, -0.1) is 0 Å². The number of carbonyl (C=O) groups excluding carboxylic acids is 1. The van der Waals surface area contributed by atoms with Gasteiger partial charge < -0.3 is 15.8 Å². The minimum absolute atomic E-state index is 0.196. The van der Waals surface area contributed by atoms with Crippen LogP contribution in [0.3, 0.4) is 0 Å². The molecule has 3 N–H and O–H groups in total. The average molecular weight is 208 g/mol. The lowest BCUT2D eigenvalue weighted by atomic mass is 10.1. The van der Waals surface area contributed by atoms with Crippen molar-refractivity contribution in [2.45, 2.75) is 20.0 Å². The standard InChI is InChI=1S/C11H16N2O2/c1-7-5-4-6-9(12)10(7)13-11(14)8(2)15-3/h4-6,8H,12H2,1-3H3,(H,13,14). The molecular weight excluding hydrogens is 192 g/mol. The van der Waals surface area contributed by atoms with Gasteiger partial charge in [0, 0.05) is 7.11 Å². The Morgan fingerprint density at radius 2 is 2.20 bits per heavy atom. The van der Waals surface area contributed by atoms with Crippen LogP contribution in [0.1, 0.15) is 12.5 Å². The predicted octanol–water partition coefficient (Wildman–Crippen LogP) is 1.55. The molecule has 4 nitrogen and oxygen atoms in total. The van der Waals surface area contributed by atoms with Crippen LogP contribution in [0.25, 0.3) is 0 Å². The van der Waals surface area contributed by atoms with Crippen LogP contribution >= 0.6 is 0 Å². The van der Waals surface area contributed by atoms with E-state index in [0.29, 0.717) is 11.4 Å². The van der Waals surface area contributed by atoms with Crippen molar-refractivity contribution in [2.75, 3.05) is 18.2 Å². The Balaban J connectivity index is 2.85. The number of carbonyl (C=O) groups is 1. The van der Waals surface area contributed by atoms with E-state index in [1.165, 1.54) is 7.11 Å². The summed E-state index contributed by atoms with van der Waals surface area (Å²) in [7, 11) is 1.49. The molecule has 0 aliphatic rings. The molecular formula is C11H16N2O2. The van der Waals surface area contributed by atoms with Gasteiger partial charge in [0.25, 0.3) is 5.91 Å². The number of aryl methyl sites for hydroxylation is 1. The first-order valence-electron chi connectivity index (χ1n) is 4.75. The van der Waals surface area contributed by atoms with Gasteiger partial charge in [0.2, 0.25) is 0 Å². The maximum atomic E-state index is 11.6. The molecule has 0 radical (unpaired) electrons. The monoisotopic (exact) mass is 208 g/mol. The molecule has 0 saturated carbocycles. The van der Waals surface area contributed by atoms with Gasteiger partial charge in [0.1, 0.15) is 6.10 Å². The van der Waals surface area contributed by atoms with Crippen molar-refractivity contribution in [3.63, 3.8) is 0 Å². The number of nitrogens with one attached hydrogen (secondary N) is 1. The van der Waals surface area contributed by atoms with Crippen LogP contribution in [0.5, 0.6) is 0 Å². The van der Waals surface area contributed by atoms with Gasteiger partial charge >= 0.3 is 0 Å². The Hall–Kier alpha value is -1.55. The molecule has 0 bridgehead atoms. The first-order chi connectivity index (χ1) is 7.06. The number of hydrogen-bond donors (Lipinski definition) is 2. The van der Waals surface area contributed by atoms with Gasteiger partial charge in [-0.1, -0.05) is 12.1 Å². The molecule has 1 unspecified atom stereocenters. The quantitative estimate of drug-likeness (QED) is 0.741. The van der Waals surface area contributed by atoms with Crippen LogP contribution in [0.2, 0.25) is 0 Å². The van der Waals surface area contributed by atoms with E-state index in [4.69, 9.17) is 10.5 Å². The number of methoxy groups -OCH3 is 1. The van der Waals surface area contributed by atoms with E-state index in [-0.39, 0.29) is 5.91 Å². The Kier molecular flexibility index (Phi) is 3.68.